The molecule has 0 radical (unpaired) electrons. The first-order valence-corrected chi connectivity index (χ1v) is 7.57. The van der Waals surface area contributed by atoms with Crippen LogP contribution >= 0.6 is 9.90 Å². The fourth-order valence-electron chi connectivity index (χ4n) is 1.05. The molecule has 1 unspecified atom stereocenters. The molecule has 0 fully saturated rings. The van der Waals surface area contributed by atoms with Crippen LogP contribution in [0.15, 0.2) is 38.0 Å². The van der Waals surface area contributed by atoms with Gasteiger partial charge in [-0.2, -0.15) is 9.90 Å². The summed E-state index contributed by atoms with van der Waals surface area (Å²) in [5.41, 5.74) is 0. The van der Waals surface area contributed by atoms with Crippen LogP contribution in [0.1, 0.15) is 78.6 Å². The molecule has 0 bridgehead atoms. The molecule has 0 saturated carbocycles. The minimum Gasteiger partial charge on any atom is -0.153 e. The lowest BCUT2D eigenvalue weighted by molar-refractivity contribution is 0.816. The molecule has 1 atom stereocenters. The van der Waals surface area contributed by atoms with Crippen LogP contribution in [0, 0.1) is 0 Å². The van der Waals surface area contributed by atoms with Gasteiger partial charge in [0.05, 0.1) is 0 Å². The molecule has 0 aromatic carbocycles. The molecule has 0 N–H and O–H groups in total. The van der Waals surface area contributed by atoms with Gasteiger partial charge in [0, 0.05) is 0 Å². The first-order chi connectivity index (χ1) is 8.74. The van der Waals surface area contributed by atoms with Crippen molar-refractivity contribution in [1.29, 1.82) is 0 Å². The summed E-state index contributed by atoms with van der Waals surface area (Å²) in [6.45, 7) is 17.3. The largest absolute Gasteiger partial charge is 0.153 e. The molecular formula is C18H39P. The molecule has 0 aromatic heterocycles. The summed E-state index contributed by atoms with van der Waals surface area (Å²) in [5.74, 6) is 0. The molecule has 19 heavy (non-hydrogen) atoms. The summed E-state index contributed by atoms with van der Waals surface area (Å²) in [4.78, 5) is 0. The summed E-state index contributed by atoms with van der Waals surface area (Å²) in [6.07, 6.45) is 17.2. The van der Waals surface area contributed by atoms with Crippen LogP contribution in [0.5, 0.6) is 0 Å². The molecule has 0 nitrogen and oxygen atoms in total. The maximum Gasteiger partial charge on any atom is -0.0354 e. The van der Waals surface area contributed by atoms with E-state index >= 15 is 0 Å². The Morgan fingerprint density at radius 1 is 0.579 bits per heavy atom. The minimum atomic E-state index is 0. The van der Waals surface area contributed by atoms with Crippen LogP contribution in [0.2, 0.25) is 0 Å². The highest BCUT2D eigenvalue weighted by atomic mass is 31.0. The summed E-state index contributed by atoms with van der Waals surface area (Å²) in [6, 6.07) is 0. The predicted molar refractivity (Wildman–Crippen MR) is 100 cm³/mol. The van der Waals surface area contributed by atoms with E-state index in [1.54, 1.807) is 0 Å². The molecule has 0 rings (SSSR count). The Labute approximate surface area is 127 Å². The predicted octanol–water partition coefficient (Wildman–Crippen LogP) is 7.15. The Kier molecular flexibility index (Phi) is 51.4. The second kappa shape index (κ2) is 36.1. The van der Waals surface area contributed by atoms with E-state index in [0.29, 0.717) is 0 Å². The number of rotatable bonds is 9. The van der Waals surface area contributed by atoms with E-state index in [2.05, 4.69) is 40.5 Å². The van der Waals surface area contributed by atoms with Crippen LogP contribution in [0.25, 0.3) is 0 Å². The SMILES string of the molecule is C=CCCCC.C=CCCCC.C=CCCCC.P. The van der Waals surface area contributed by atoms with Crippen molar-refractivity contribution in [3.63, 3.8) is 0 Å². The van der Waals surface area contributed by atoms with Gasteiger partial charge >= 0.3 is 0 Å². The second-order valence-electron chi connectivity index (χ2n) is 4.29. The molecule has 0 spiro atoms. The fourth-order valence-corrected chi connectivity index (χ4v) is 1.05. The van der Waals surface area contributed by atoms with Crippen molar-refractivity contribution in [3.05, 3.63) is 38.0 Å². The lowest BCUT2D eigenvalue weighted by Gasteiger charge is -1.81. The summed E-state index contributed by atoms with van der Waals surface area (Å²) in [7, 11) is 0. The van der Waals surface area contributed by atoms with Gasteiger partial charge in [0.25, 0.3) is 0 Å². The molecular weight excluding hydrogens is 247 g/mol. The average Bonchev–Trinajstić information content (AvgIpc) is 2.42. The van der Waals surface area contributed by atoms with E-state index < -0.39 is 0 Å². The lowest BCUT2D eigenvalue weighted by atomic mass is 10.3. The van der Waals surface area contributed by atoms with E-state index in [-0.39, 0.29) is 9.90 Å². The zero-order valence-electron chi connectivity index (χ0n) is 13.9. The Morgan fingerprint density at radius 2 is 0.789 bits per heavy atom. The standard InChI is InChI=1S/3C6H12.H3P/c3*1-3-5-6-4-2;/h3*3H,1,4-6H2,2H3;1H3. The van der Waals surface area contributed by atoms with Gasteiger partial charge in [0.1, 0.15) is 0 Å². The Bertz CT molecular complexity index is 121. The maximum atomic E-state index is 3.60. The fraction of sp³-hybridized carbons (Fsp3) is 0.667. The first kappa shape index (κ1) is 27.1. The third-order valence-corrected chi connectivity index (χ3v) is 2.29. The summed E-state index contributed by atoms with van der Waals surface area (Å²) >= 11 is 0. The van der Waals surface area contributed by atoms with Crippen LogP contribution in [-0.4, -0.2) is 0 Å². The van der Waals surface area contributed by atoms with Gasteiger partial charge in [-0.05, 0) is 19.3 Å². The molecule has 0 heterocycles. The number of hydrogen-bond acceptors (Lipinski definition) is 0. The normalized spacial score (nSPS) is 7.74. The highest BCUT2D eigenvalue weighted by molar-refractivity contribution is 6.92. The highest BCUT2D eigenvalue weighted by Gasteiger charge is 1.72. The second-order valence-corrected chi connectivity index (χ2v) is 4.29. The lowest BCUT2D eigenvalue weighted by Crippen LogP contribution is -1.61. The van der Waals surface area contributed by atoms with Crippen LogP contribution in [0.3, 0.4) is 0 Å². The van der Waals surface area contributed by atoms with Crippen LogP contribution < -0.4 is 0 Å². The van der Waals surface area contributed by atoms with Crippen LogP contribution in [-0.2, 0) is 0 Å². The van der Waals surface area contributed by atoms with Gasteiger partial charge in [-0.15, -0.1) is 19.7 Å². The molecule has 1 heteroatoms. The van der Waals surface area contributed by atoms with Crippen molar-refractivity contribution in [2.75, 3.05) is 0 Å². The molecule has 0 saturated heterocycles. The first-order valence-electron chi connectivity index (χ1n) is 7.57. The van der Waals surface area contributed by atoms with Crippen molar-refractivity contribution in [3.8, 4) is 0 Å². The molecule has 0 aliphatic heterocycles. The Balaban J connectivity index is -0.0000000865. The van der Waals surface area contributed by atoms with Gasteiger partial charge in [0.15, 0.2) is 0 Å². The zero-order chi connectivity index (χ0) is 14.5. The van der Waals surface area contributed by atoms with Gasteiger partial charge in [-0.3, -0.25) is 0 Å². The van der Waals surface area contributed by atoms with Gasteiger partial charge < -0.3 is 0 Å². The third kappa shape index (κ3) is 57.8. The van der Waals surface area contributed by atoms with E-state index in [9.17, 15) is 0 Å². The highest BCUT2D eigenvalue weighted by Crippen LogP contribution is 1.92. The molecule has 0 aromatic rings. The van der Waals surface area contributed by atoms with Crippen molar-refractivity contribution in [1.82, 2.24) is 0 Å². The van der Waals surface area contributed by atoms with Crippen molar-refractivity contribution < 1.29 is 0 Å². The van der Waals surface area contributed by atoms with Crippen molar-refractivity contribution >= 4 is 9.90 Å². The van der Waals surface area contributed by atoms with Gasteiger partial charge in [-0.25, -0.2) is 0 Å². The molecule has 0 amide bonds. The van der Waals surface area contributed by atoms with Gasteiger partial charge in [0.2, 0.25) is 0 Å². The van der Waals surface area contributed by atoms with Crippen molar-refractivity contribution in [2.24, 2.45) is 0 Å². The Hall–Kier alpha value is -0.350. The molecule has 116 valence electrons. The number of unbranched alkanes of at least 4 members (excludes halogenated alkanes) is 6. The maximum absolute atomic E-state index is 3.60. The van der Waals surface area contributed by atoms with E-state index in [1.165, 1.54) is 57.8 Å². The van der Waals surface area contributed by atoms with Crippen LogP contribution in [0.4, 0.5) is 0 Å². The smallest absolute Gasteiger partial charge is 0.0354 e. The quantitative estimate of drug-likeness (QED) is 0.240. The van der Waals surface area contributed by atoms with Crippen molar-refractivity contribution in [2.45, 2.75) is 78.6 Å². The van der Waals surface area contributed by atoms with E-state index in [1.807, 2.05) is 18.2 Å². The summed E-state index contributed by atoms with van der Waals surface area (Å²) in [5, 5.41) is 0. The van der Waals surface area contributed by atoms with E-state index in [4.69, 9.17) is 0 Å². The molecule has 0 aliphatic rings. The minimum absolute atomic E-state index is 0. The topological polar surface area (TPSA) is 0 Å². The number of allylic oxidation sites excluding steroid dienone is 3. The van der Waals surface area contributed by atoms with E-state index in [0.717, 1.165) is 0 Å². The van der Waals surface area contributed by atoms with Gasteiger partial charge in [-0.1, -0.05) is 77.5 Å². The third-order valence-electron chi connectivity index (χ3n) is 2.29. The number of hydrogen-bond donors (Lipinski definition) is 0. The molecule has 0 aliphatic carbocycles. The monoisotopic (exact) mass is 286 g/mol. The zero-order valence-corrected chi connectivity index (χ0v) is 15.3. The summed E-state index contributed by atoms with van der Waals surface area (Å²) < 4.78 is 0. The average molecular weight is 286 g/mol. The Morgan fingerprint density at radius 3 is 0.842 bits per heavy atom.